The molecule has 2 heterocycles. The molecule has 7 nitrogen and oxygen atoms in total. The summed E-state index contributed by atoms with van der Waals surface area (Å²) in [4.78, 5) is 40.9. The molecule has 162 valence electrons. The first-order valence-corrected chi connectivity index (χ1v) is 10.8. The monoisotopic (exact) mass is 421 g/mol. The van der Waals surface area contributed by atoms with Crippen molar-refractivity contribution in [1.82, 2.24) is 0 Å². The number of benzene rings is 2. The molecule has 2 amide bonds. The Labute approximate surface area is 182 Å². The molecule has 0 aliphatic carbocycles. The van der Waals surface area contributed by atoms with Gasteiger partial charge in [-0.15, -0.1) is 0 Å². The van der Waals surface area contributed by atoms with E-state index < -0.39 is 0 Å². The molecule has 1 fully saturated rings. The summed E-state index contributed by atoms with van der Waals surface area (Å²) in [7, 11) is 0. The van der Waals surface area contributed by atoms with Crippen molar-refractivity contribution < 1.29 is 19.1 Å². The van der Waals surface area contributed by atoms with E-state index in [0.29, 0.717) is 29.1 Å². The number of amides is 2. The Morgan fingerprint density at radius 1 is 1.03 bits per heavy atom. The summed E-state index contributed by atoms with van der Waals surface area (Å²) in [5.41, 5.74) is 2.79. The largest absolute Gasteiger partial charge is 0.482 e. The topological polar surface area (TPSA) is 79.0 Å². The summed E-state index contributed by atoms with van der Waals surface area (Å²) in [5.74, 6) is -0.159. The predicted octanol–water partition coefficient (Wildman–Crippen LogP) is 3.63. The molecule has 1 saturated heterocycles. The molecule has 2 aliphatic heterocycles. The van der Waals surface area contributed by atoms with Crippen LogP contribution >= 0.6 is 0 Å². The Kier molecular flexibility index (Phi) is 6.21. The van der Waals surface area contributed by atoms with Crippen molar-refractivity contribution in [2.24, 2.45) is 0 Å². The van der Waals surface area contributed by atoms with Crippen LogP contribution in [0.2, 0.25) is 0 Å². The van der Waals surface area contributed by atoms with E-state index in [4.69, 9.17) is 4.74 Å². The summed E-state index contributed by atoms with van der Waals surface area (Å²) in [6, 6.07) is 12.8. The number of carbonyl (C=O) groups is 3. The fourth-order valence-electron chi connectivity index (χ4n) is 4.00. The Morgan fingerprint density at radius 3 is 2.48 bits per heavy atom. The lowest BCUT2D eigenvalue weighted by molar-refractivity contribution is -0.123. The number of fused-ring (bicyclic) bond motifs is 1. The van der Waals surface area contributed by atoms with Crippen LogP contribution in [0.25, 0.3) is 0 Å². The molecule has 2 aliphatic rings. The number of piperidine rings is 1. The molecule has 0 radical (unpaired) electrons. The molecule has 0 spiro atoms. The zero-order chi connectivity index (χ0) is 21.8. The molecule has 0 unspecified atom stereocenters. The fraction of sp³-hybridized carbons (Fsp3) is 0.375. The number of hydrogen-bond acceptors (Lipinski definition) is 5. The maximum atomic E-state index is 12.7. The number of nitrogens with zero attached hydrogens (tertiary/aromatic N) is 2. The predicted molar refractivity (Wildman–Crippen MR) is 120 cm³/mol. The van der Waals surface area contributed by atoms with Crippen LogP contribution in [0.15, 0.2) is 42.5 Å². The molecule has 4 rings (SSSR count). The lowest BCUT2D eigenvalue weighted by atomic mass is 10.1. The highest BCUT2D eigenvalue weighted by molar-refractivity contribution is 6.06. The van der Waals surface area contributed by atoms with Crippen molar-refractivity contribution in [2.75, 3.05) is 41.4 Å². The van der Waals surface area contributed by atoms with Gasteiger partial charge in [0.15, 0.2) is 12.4 Å². The van der Waals surface area contributed by atoms with Crippen LogP contribution in [0.4, 0.5) is 17.1 Å². The van der Waals surface area contributed by atoms with E-state index in [1.54, 1.807) is 25.1 Å². The third-order valence-corrected chi connectivity index (χ3v) is 5.72. The first-order valence-electron chi connectivity index (χ1n) is 10.8. The lowest BCUT2D eigenvalue weighted by Gasteiger charge is -2.29. The second kappa shape index (κ2) is 9.20. The zero-order valence-electron chi connectivity index (χ0n) is 17.7. The van der Waals surface area contributed by atoms with E-state index in [9.17, 15) is 14.4 Å². The Bertz CT molecular complexity index is 981. The van der Waals surface area contributed by atoms with Gasteiger partial charge in [0.1, 0.15) is 12.3 Å². The van der Waals surface area contributed by atoms with Crippen LogP contribution in [-0.2, 0) is 9.59 Å². The van der Waals surface area contributed by atoms with Gasteiger partial charge >= 0.3 is 0 Å². The summed E-state index contributed by atoms with van der Waals surface area (Å²) in [5, 5.41) is 2.86. The van der Waals surface area contributed by atoms with Crippen molar-refractivity contribution >= 4 is 34.7 Å². The average Bonchev–Trinajstić information content (AvgIpc) is 2.81. The van der Waals surface area contributed by atoms with Gasteiger partial charge in [0.25, 0.3) is 5.91 Å². The average molecular weight is 421 g/mol. The molecule has 0 bridgehead atoms. The van der Waals surface area contributed by atoms with Gasteiger partial charge in [0.2, 0.25) is 5.91 Å². The summed E-state index contributed by atoms with van der Waals surface area (Å²) >= 11 is 0. The lowest BCUT2D eigenvalue weighted by Crippen LogP contribution is -2.43. The van der Waals surface area contributed by atoms with Crippen LogP contribution in [-0.4, -0.2) is 43.8 Å². The van der Waals surface area contributed by atoms with Gasteiger partial charge in [-0.1, -0.05) is 6.92 Å². The number of Topliss-reactive ketones (excluding diaryl/α,β-unsaturated/α-hetero) is 1. The Balaban J connectivity index is 1.45. The third kappa shape index (κ3) is 4.71. The van der Waals surface area contributed by atoms with E-state index in [2.05, 4.69) is 10.2 Å². The number of ether oxygens (including phenoxy) is 1. The minimum atomic E-state index is -0.316. The van der Waals surface area contributed by atoms with Gasteiger partial charge < -0.3 is 15.0 Å². The number of anilines is 3. The number of hydrogen-bond donors (Lipinski definition) is 1. The van der Waals surface area contributed by atoms with Gasteiger partial charge in [-0.2, -0.15) is 0 Å². The molecular weight excluding hydrogens is 394 g/mol. The van der Waals surface area contributed by atoms with Crippen molar-refractivity contribution in [1.29, 1.82) is 0 Å². The number of carbonyl (C=O) groups excluding carboxylic acids is 3. The van der Waals surface area contributed by atoms with Crippen LogP contribution in [0, 0.1) is 0 Å². The second-order valence-corrected chi connectivity index (χ2v) is 7.87. The van der Waals surface area contributed by atoms with Crippen LogP contribution in [0.3, 0.4) is 0 Å². The van der Waals surface area contributed by atoms with Gasteiger partial charge in [0, 0.05) is 36.4 Å². The number of nitrogens with one attached hydrogen (secondary N) is 1. The molecule has 0 atom stereocenters. The molecule has 0 saturated carbocycles. The highest BCUT2D eigenvalue weighted by Gasteiger charge is 2.28. The standard InChI is InChI=1S/C24H27N3O4/c1-2-21(28)17-6-11-22-20(14-17)27(24(30)16-31-22)15-23(29)25-18-7-9-19(10-8-18)26-12-4-3-5-13-26/h6-11,14H,2-5,12-13,15-16H2,1H3,(H,25,29). The Morgan fingerprint density at radius 2 is 1.77 bits per heavy atom. The maximum absolute atomic E-state index is 12.7. The summed E-state index contributed by atoms with van der Waals surface area (Å²) in [6.45, 7) is 3.63. The van der Waals surface area contributed by atoms with E-state index >= 15 is 0 Å². The molecule has 0 aromatic heterocycles. The molecule has 2 aromatic rings. The molecule has 31 heavy (non-hydrogen) atoms. The quantitative estimate of drug-likeness (QED) is 0.721. The Hall–Kier alpha value is -3.35. The van der Waals surface area contributed by atoms with Crippen molar-refractivity contribution in [3.05, 3.63) is 48.0 Å². The van der Waals surface area contributed by atoms with E-state index in [1.165, 1.54) is 24.2 Å². The maximum Gasteiger partial charge on any atom is 0.265 e. The molecule has 1 N–H and O–H groups in total. The number of rotatable bonds is 6. The van der Waals surface area contributed by atoms with Crippen molar-refractivity contribution in [2.45, 2.75) is 32.6 Å². The normalized spacial score (nSPS) is 15.8. The van der Waals surface area contributed by atoms with E-state index in [1.807, 2.05) is 24.3 Å². The first kappa shape index (κ1) is 20.9. The SMILES string of the molecule is CCC(=O)c1ccc2c(c1)N(CC(=O)Nc1ccc(N3CCCCC3)cc1)C(=O)CO2. The van der Waals surface area contributed by atoms with Gasteiger partial charge in [0.05, 0.1) is 5.69 Å². The smallest absolute Gasteiger partial charge is 0.265 e. The van der Waals surface area contributed by atoms with Crippen LogP contribution < -0.4 is 19.9 Å². The highest BCUT2D eigenvalue weighted by atomic mass is 16.5. The molecule has 2 aromatic carbocycles. The van der Waals surface area contributed by atoms with Crippen molar-refractivity contribution in [3.8, 4) is 5.75 Å². The minimum absolute atomic E-state index is 0.0287. The number of ketones is 1. The van der Waals surface area contributed by atoms with E-state index in [0.717, 1.165) is 18.8 Å². The highest BCUT2D eigenvalue weighted by Crippen LogP contribution is 2.33. The van der Waals surface area contributed by atoms with Gasteiger partial charge in [-0.3, -0.25) is 19.3 Å². The first-order chi connectivity index (χ1) is 15.0. The summed E-state index contributed by atoms with van der Waals surface area (Å²) in [6.07, 6.45) is 4.06. The fourth-order valence-corrected chi connectivity index (χ4v) is 4.00. The van der Waals surface area contributed by atoms with Crippen LogP contribution in [0.1, 0.15) is 43.0 Å². The minimum Gasteiger partial charge on any atom is -0.482 e. The molecular formula is C24H27N3O4. The third-order valence-electron chi connectivity index (χ3n) is 5.72. The van der Waals surface area contributed by atoms with Crippen LogP contribution in [0.5, 0.6) is 5.75 Å². The van der Waals surface area contributed by atoms with Gasteiger partial charge in [-0.25, -0.2) is 0 Å². The van der Waals surface area contributed by atoms with Gasteiger partial charge in [-0.05, 0) is 61.7 Å². The zero-order valence-corrected chi connectivity index (χ0v) is 17.7. The second-order valence-electron chi connectivity index (χ2n) is 7.87. The van der Waals surface area contributed by atoms with Crippen molar-refractivity contribution in [3.63, 3.8) is 0 Å². The summed E-state index contributed by atoms with van der Waals surface area (Å²) < 4.78 is 5.47. The molecule has 7 heteroatoms. The van der Waals surface area contributed by atoms with E-state index in [-0.39, 0.29) is 30.7 Å².